The molecule has 0 bridgehead atoms. The molecule has 0 unspecified atom stereocenters. The molecule has 0 radical (unpaired) electrons. The van der Waals surface area contributed by atoms with E-state index in [0.717, 1.165) is 16.7 Å². The van der Waals surface area contributed by atoms with Crippen LogP contribution in [0.4, 0.5) is 0 Å². The summed E-state index contributed by atoms with van der Waals surface area (Å²) in [5.41, 5.74) is 2.45. The van der Waals surface area contributed by atoms with Gasteiger partial charge in [0.2, 0.25) is 5.91 Å². The van der Waals surface area contributed by atoms with Gasteiger partial charge in [0.1, 0.15) is 11.8 Å². The minimum absolute atomic E-state index is 0.155. The molecule has 0 aliphatic heterocycles. The Morgan fingerprint density at radius 3 is 2.47 bits per heavy atom. The van der Waals surface area contributed by atoms with Crippen LogP contribution in [0, 0.1) is 13.8 Å². The summed E-state index contributed by atoms with van der Waals surface area (Å²) in [5, 5.41) is 3.52. The van der Waals surface area contributed by atoms with Crippen LogP contribution in [0.15, 0.2) is 42.5 Å². The quantitative estimate of drug-likeness (QED) is 0.694. The fourth-order valence-corrected chi connectivity index (χ4v) is 3.19. The van der Waals surface area contributed by atoms with Crippen LogP contribution in [0.2, 0.25) is 5.02 Å². The lowest BCUT2D eigenvalue weighted by Gasteiger charge is -2.31. The van der Waals surface area contributed by atoms with Gasteiger partial charge in [-0.15, -0.1) is 0 Å². The van der Waals surface area contributed by atoms with Crippen molar-refractivity contribution in [1.82, 2.24) is 10.2 Å². The summed E-state index contributed by atoms with van der Waals surface area (Å²) >= 11 is 6.10. The highest BCUT2D eigenvalue weighted by molar-refractivity contribution is 6.30. The molecular weight excluding hydrogens is 400 g/mol. The van der Waals surface area contributed by atoms with Gasteiger partial charge in [0.15, 0.2) is 6.61 Å². The summed E-state index contributed by atoms with van der Waals surface area (Å²) in [6, 6.07) is 12.5. The number of carbonyl (C=O) groups excluding carboxylic acids is 2. The molecular formula is C24H31ClN2O3. The minimum atomic E-state index is -0.669. The second-order valence-electron chi connectivity index (χ2n) is 8.62. The molecule has 0 fully saturated rings. The lowest BCUT2D eigenvalue weighted by atomic mass is 10.1. The van der Waals surface area contributed by atoms with Gasteiger partial charge in [-0.2, -0.15) is 0 Å². The number of nitrogens with zero attached hydrogens (tertiary/aromatic N) is 1. The molecule has 0 aromatic heterocycles. The summed E-state index contributed by atoms with van der Waals surface area (Å²) in [6.45, 7) is 11.5. The number of benzene rings is 2. The first-order valence-electron chi connectivity index (χ1n) is 10.0. The summed E-state index contributed by atoms with van der Waals surface area (Å²) in [4.78, 5) is 27.4. The van der Waals surface area contributed by atoms with Gasteiger partial charge in [-0.05, 0) is 76.4 Å². The van der Waals surface area contributed by atoms with Crippen molar-refractivity contribution in [2.24, 2.45) is 0 Å². The molecule has 0 heterocycles. The monoisotopic (exact) mass is 430 g/mol. The van der Waals surface area contributed by atoms with Gasteiger partial charge in [0.05, 0.1) is 0 Å². The van der Waals surface area contributed by atoms with Gasteiger partial charge in [-0.1, -0.05) is 35.9 Å². The van der Waals surface area contributed by atoms with Crippen LogP contribution in [0.1, 0.15) is 44.4 Å². The van der Waals surface area contributed by atoms with E-state index in [9.17, 15) is 9.59 Å². The predicted molar refractivity (Wildman–Crippen MR) is 121 cm³/mol. The number of aryl methyl sites for hydroxylation is 2. The average molecular weight is 431 g/mol. The zero-order valence-corrected chi connectivity index (χ0v) is 19.3. The van der Waals surface area contributed by atoms with E-state index in [0.29, 0.717) is 10.8 Å². The molecule has 1 atom stereocenters. The Bertz CT molecular complexity index is 906. The van der Waals surface area contributed by atoms with E-state index in [-0.39, 0.29) is 25.0 Å². The number of hydrogen-bond acceptors (Lipinski definition) is 3. The topological polar surface area (TPSA) is 58.6 Å². The van der Waals surface area contributed by atoms with E-state index in [1.807, 2.05) is 65.0 Å². The molecule has 2 amide bonds. The van der Waals surface area contributed by atoms with Gasteiger partial charge in [0, 0.05) is 17.1 Å². The summed E-state index contributed by atoms with van der Waals surface area (Å²) in [7, 11) is 0. The molecule has 5 nitrogen and oxygen atoms in total. The Labute approximate surface area is 184 Å². The van der Waals surface area contributed by atoms with Crippen molar-refractivity contribution in [2.75, 3.05) is 6.61 Å². The highest BCUT2D eigenvalue weighted by Gasteiger charge is 2.28. The molecule has 0 saturated heterocycles. The Hall–Kier alpha value is -2.53. The molecule has 2 aromatic rings. The van der Waals surface area contributed by atoms with Crippen molar-refractivity contribution in [3.8, 4) is 5.75 Å². The SMILES string of the molecule is Cc1ccc(C)c(OCC(=O)N(Cc2cccc(Cl)c2)[C@@H](C)C(=O)NC(C)(C)C)c1. The third-order valence-electron chi connectivity index (χ3n) is 4.60. The maximum atomic E-state index is 13.1. The molecule has 2 aromatic carbocycles. The van der Waals surface area contributed by atoms with Crippen molar-refractivity contribution in [1.29, 1.82) is 0 Å². The standard InChI is InChI=1S/C24H31ClN2O3/c1-16-10-11-17(2)21(12-16)30-15-22(28)27(14-19-8-7-9-20(25)13-19)18(3)23(29)26-24(4,5)6/h7-13,18H,14-15H2,1-6H3,(H,26,29)/t18-/m0/s1. The molecule has 0 aliphatic rings. The van der Waals surface area contributed by atoms with Crippen molar-refractivity contribution < 1.29 is 14.3 Å². The van der Waals surface area contributed by atoms with Crippen LogP contribution in [0.25, 0.3) is 0 Å². The van der Waals surface area contributed by atoms with Crippen LogP contribution in [-0.4, -0.2) is 34.9 Å². The average Bonchev–Trinajstić information content (AvgIpc) is 2.64. The van der Waals surface area contributed by atoms with Crippen LogP contribution < -0.4 is 10.1 Å². The van der Waals surface area contributed by atoms with Crippen LogP contribution >= 0.6 is 11.6 Å². The van der Waals surface area contributed by atoms with E-state index < -0.39 is 11.6 Å². The van der Waals surface area contributed by atoms with E-state index in [1.54, 1.807) is 19.1 Å². The molecule has 2 rings (SSSR count). The summed E-state index contributed by atoms with van der Waals surface area (Å²) < 4.78 is 5.80. The molecule has 0 aliphatic carbocycles. The molecule has 162 valence electrons. The Kier molecular flexibility index (Phi) is 7.90. The van der Waals surface area contributed by atoms with Crippen molar-refractivity contribution in [3.05, 3.63) is 64.2 Å². The predicted octanol–water partition coefficient (Wildman–Crippen LogP) is 4.67. The number of hydrogen-bond donors (Lipinski definition) is 1. The fourth-order valence-electron chi connectivity index (χ4n) is 2.97. The first-order chi connectivity index (χ1) is 14.0. The first-order valence-corrected chi connectivity index (χ1v) is 10.4. The summed E-state index contributed by atoms with van der Waals surface area (Å²) in [6.07, 6.45) is 0. The maximum Gasteiger partial charge on any atom is 0.261 e. The summed E-state index contributed by atoms with van der Waals surface area (Å²) in [5.74, 6) is 0.176. The molecule has 1 N–H and O–H groups in total. The highest BCUT2D eigenvalue weighted by Crippen LogP contribution is 2.20. The molecule has 6 heteroatoms. The third-order valence-corrected chi connectivity index (χ3v) is 4.84. The lowest BCUT2D eigenvalue weighted by molar-refractivity contribution is -0.142. The van der Waals surface area contributed by atoms with Crippen molar-refractivity contribution in [3.63, 3.8) is 0 Å². The van der Waals surface area contributed by atoms with Gasteiger partial charge in [-0.3, -0.25) is 9.59 Å². The Morgan fingerprint density at radius 1 is 1.13 bits per heavy atom. The zero-order valence-electron chi connectivity index (χ0n) is 18.6. The van der Waals surface area contributed by atoms with Crippen LogP contribution in [0.3, 0.4) is 0 Å². The van der Waals surface area contributed by atoms with E-state index >= 15 is 0 Å². The number of carbonyl (C=O) groups is 2. The van der Waals surface area contributed by atoms with E-state index in [1.165, 1.54) is 4.90 Å². The third kappa shape index (κ3) is 7.06. The first kappa shape index (κ1) is 23.7. The number of nitrogens with one attached hydrogen (secondary N) is 1. The molecule has 0 saturated carbocycles. The molecule has 0 spiro atoms. The van der Waals surface area contributed by atoms with Crippen molar-refractivity contribution in [2.45, 2.75) is 59.7 Å². The van der Waals surface area contributed by atoms with Crippen LogP contribution in [0.5, 0.6) is 5.75 Å². The van der Waals surface area contributed by atoms with Crippen LogP contribution in [-0.2, 0) is 16.1 Å². The van der Waals surface area contributed by atoms with Gasteiger partial charge in [0.25, 0.3) is 5.91 Å². The Morgan fingerprint density at radius 2 is 1.83 bits per heavy atom. The maximum absolute atomic E-state index is 13.1. The van der Waals surface area contributed by atoms with Gasteiger partial charge < -0.3 is 15.0 Å². The lowest BCUT2D eigenvalue weighted by Crippen LogP contribution is -2.53. The smallest absolute Gasteiger partial charge is 0.261 e. The Balaban J connectivity index is 2.21. The fraction of sp³-hybridized carbons (Fsp3) is 0.417. The second kappa shape index (κ2) is 9.98. The van der Waals surface area contributed by atoms with Gasteiger partial charge >= 0.3 is 0 Å². The van der Waals surface area contributed by atoms with E-state index in [2.05, 4.69) is 5.32 Å². The number of rotatable bonds is 7. The number of ether oxygens (including phenoxy) is 1. The van der Waals surface area contributed by atoms with E-state index in [4.69, 9.17) is 16.3 Å². The number of amides is 2. The second-order valence-corrected chi connectivity index (χ2v) is 9.06. The minimum Gasteiger partial charge on any atom is -0.483 e. The largest absolute Gasteiger partial charge is 0.483 e. The number of halogens is 1. The van der Waals surface area contributed by atoms with Crippen molar-refractivity contribution >= 4 is 23.4 Å². The molecule has 30 heavy (non-hydrogen) atoms. The normalized spacial score (nSPS) is 12.2. The highest BCUT2D eigenvalue weighted by atomic mass is 35.5. The zero-order chi connectivity index (χ0) is 22.5. The van der Waals surface area contributed by atoms with Gasteiger partial charge in [-0.25, -0.2) is 0 Å².